The maximum Gasteiger partial charge on any atom is 0.338 e. The summed E-state index contributed by atoms with van der Waals surface area (Å²) in [5.74, 6) is 0.335. The first-order valence-electron chi connectivity index (χ1n) is 11.0. The lowest BCUT2D eigenvalue weighted by Gasteiger charge is -2.33. The van der Waals surface area contributed by atoms with Gasteiger partial charge in [0.25, 0.3) is 0 Å². The summed E-state index contributed by atoms with van der Waals surface area (Å²) in [7, 11) is 0. The zero-order valence-electron chi connectivity index (χ0n) is 18.1. The molecule has 1 atom stereocenters. The van der Waals surface area contributed by atoms with Crippen LogP contribution in [0.4, 0.5) is 10.5 Å². The van der Waals surface area contributed by atoms with Crippen LogP contribution in [0, 0.1) is 5.92 Å². The highest BCUT2D eigenvalue weighted by Crippen LogP contribution is 2.33. The number of piperidine rings is 1. The lowest BCUT2D eigenvalue weighted by Crippen LogP contribution is -2.45. The summed E-state index contributed by atoms with van der Waals surface area (Å²) in [6, 6.07) is 16.6. The van der Waals surface area contributed by atoms with Gasteiger partial charge in [-0.3, -0.25) is 0 Å². The maximum absolute atomic E-state index is 12.9. The summed E-state index contributed by atoms with van der Waals surface area (Å²) < 4.78 is 5.35. The molecular weight excluding hydrogens is 390 g/mol. The predicted octanol–water partition coefficient (Wildman–Crippen LogP) is 4.25. The van der Waals surface area contributed by atoms with Gasteiger partial charge in [-0.05, 0) is 48.9 Å². The second-order valence-electron chi connectivity index (χ2n) is 8.17. The summed E-state index contributed by atoms with van der Waals surface area (Å²) in [4.78, 5) is 27.8. The van der Waals surface area contributed by atoms with E-state index in [0.29, 0.717) is 11.3 Å². The number of ether oxygens (including phenoxy) is 1. The van der Waals surface area contributed by atoms with Crippen molar-refractivity contribution in [2.45, 2.75) is 32.7 Å². The Morgan fingerprint density at radius 3 is 2.39 bits per heavy atom. The van der Waals surface area contributed by atoms with Crippen LogP contribution in [0.15, 0.2) is 60.2 Å². The second kappa shape index (κ2) is 9.25. The van der Waals surface area contributed by atoms with Crippen LogP contribution in [-0.4, -0.2) is 31.7 Å². The molecule has 6 heteroatoms. The number of carbonyl (C=O) groups is 2. The number of nitrogens with zero attached hydrogens (tertiary/aromatic N) is 1. The molecule has 1 unspecified atom stereocenters. The minimum Gasteiger partial charge on any atom is -0.463 e. The van der Waals surface area contributed by atoms with Gasteiger partial charge in [-0.2, -0.15) is 0 Å². The third-order valence-electron chi connectivity index (χ3n) is 6.00. The van der Waals surface area contributed by atoms with Crippen LogP contribution in [0.25, 0.3) is 5.70 Å². The Balaban J connectivity index is 1.69. The van der Waals surface area contributed by atoms with Gasteiger partial charge < -0.3 is 20.3 Å². The van der Waals surface area contributed by atoms with Crippen molar-refractivity contribution >= 4 is 23.4 Å². The zero-order valence-corrected chi connectivity index (χ0v) is 18.1. The molecule has 0 bridgehead atoms. The van der Waals surface area contributed by atoms with Gasteiger partial charge in [0.2, 0.25) is 0 Å². The SMILES string of the molecule is CCOC(=O)C1=C(c2ccccc2)NC(=O)NC1c1ccc(N2CCC(C)CC2)cc1. The molecular formula is C25H29N3O3. The standard InChI is InChI=1S/C25H29N3O3/c1-3-31-24(29)21-22(18-7-5-4-6-8-18)26-25(30)27-23(21)19-9-11-20(12-10-19)28-15-13-17(2)14-16-28/h4-12,17,23H,3,13-16H2,1-2H3,(H2,26,27,30). The van der Waals surface area contributed by atoms with Gasteiger partial charge in [0.1, 0.15) is 0 Å². The molecule has 31 heavy (non-hydrogen) atoms. The molecule has 1 saturated heterocycles. The average Bonchev–Trinajstić information content (AvgIpc) is 2.80. The summed E-state index contributed by atoms with van der Waals surface area (Å²) in [6.07, 6.45) is 2.39. The monoisotopic (exact) mass is 419 g/mol. The van der Waals surface area contributed by atoms with Gasteiger partial charge in [0, 0.05) is 18.8 Å². The Bertz CT molecular complexity index is 961. The highest BCUT2D eigenvalue weighted by atomic mass is 16.5. The maximum atomic E-state index is 12.9. The molecule has 2 amide bonds. The Morgan fingerprint density at radius 1 is 1.06 bits per heavy atom. The molecule has 0 aromatic heterocycles. The van der Waals surface area contributed by atoms with E-state index in [2.05, 4.69) is 34.6 Å². The van der Waals surface area contributed by atoms with Gasteiger partial charge in [0.05, 0.1) is 23.9 Å². The normalized spacial score (nSPS) is 19.6. The van der Waals surface area contributed by atoms with Crippen LogP contribution < -0.4 is 15.5 Å². The number of urea groups is 1. The van der Waals surface area contributed by atoms with E-state index in [-0.39, 0.29) is 12.6 Å². The summed E-state index contributed by atoms with van der Waals surface area (Å²) in [5.41, 5.74) is 3.68. The van der Waals surface area contributed by atoms with Gasteiger partial charge >= 0.3 is 12.0 Å². The number of amides is 2. The van der Waals surface area contributed by atoms with Crippen LogP contribution in [0.5, 0.6) is 0 Å². The van der Waals surface area contributed by atoms with Crippen molar-refractivity contribution in [3.63, 3.8) is 0 Å². The molecule has 2 aromatic carbocycles. The molecule has 6 nitrogen and oxygen atoms in total. The third-order valence-corrected chi connectivity index (χ3v) is 6.00. The highest BCUT2D eigenvalue weighted by molar-refractivity contribution is 6.04. The van der Waals surface area contributed by atoms with E-state index in [1.54, 1.807) is 6.92 Å². The Hall–Kier alpha value is -3.28. The van der Waals surface area contributed by atoms with Crippen molar-refractivity contribution in [3.05, 3.63) is 71.3 Å². The fraction of sp³-hybridized carbons (Fsp3) is 0.360. The van der Waals surface area contributed by atoms with E-state index < -0.39 is 12.0 Å². The van der Waals surface area contributed by atoms with Gasteiger partial charge in [-0.25, -0.2) is 9.59 Å². The first kappa shape index (κ1) is 21.0. The molecule has 2 N–H and O–H groups in total. The van der Waals surface area contributed by atoms with E-state index in [4.69, 9.17) is 4.74 Å². The Labute approximate surface area is 183 Å². The number of anilines is 1. The highest BCUT2D eigenvalue weighted by Gasteiger charge is 2.34. The number of carbonyl (C=O) groups excluding carboxylic acids is 2. The number of benzene rings is 2. The van der Waals surface area contributed by atoms with Gasteiger partial charge in [-0.15, -0.1) is 0 Å². The Morgan fingerprint density at radius 2 is 1.74 bits per heavy atom. The van der Waals surface area contributed by atoms with E-state index >= 15 is 0 Å². The van der Waals surface area contributed by atoms with E-state index in [0.717, 1.165) is 30.1 Å². The van der Waals surface area contributed by atoms with E-state index in [1.807, 2.05) is 42.5 Å². The minimum atomic E-state index is -0.585. The first-order valence-corrected chi connectivity index (χ1v) is 11.0. The van der Waals surface area contributed by atoms with E-state index in [1.165, 1.54) is 18.5 Å². The fourth-order valence-electron chi connectivity index (χ4n) is 4.22. The molecule has 0 radical (unpaired) electrons. The largest absolute Gasteiger partial charge is 0.463 e. The predicted molar refractivity (Wildman–Crippen MR) is 121 cm³/mol. The van der Waals surface area contributed by atoms with E-state index in [9.17, 15) is 9.59 Å². The lowest BCUT2D eigenvalue weighted by molar-refractivity contribution is -0.138. The van der Waals surface area contributed by atoms with Crippen molar-refractivity contribution in [1.82, 2.24) is 10.6 Å². The molecule has 2 aromatic rings. The quantitative estimate of drug-likeness (QED) is 0.711. The summed E-state index contributed by atoms with van der Waals surface area (Å²) in [6.45, 7) is 6.44. The van der Waals surface area contributed by atoms with Crippen LogP contribution in [-0.2, 0) is 9.53 Å². The molecule has 2 heterocycles. The van der Waals surface area contributed by atoms with Crippen LogP contribution in [0.1, 0.15) is 43.9 Å². The third kappa shape index (κ3) is 4.58. The first-order chi connectivity index (χ1) is 15.1. The zero-order chi connectivity index (χ0) is 21.8. The molecule has 2 aliphatic heterocycles. The number of nitrogens with one attached hydrogen (secondary N) is 2. The van der Waals surface area contributed by atoms with Crippen molar-refractivity contribution in [2.75, 3.05) is 24.6 Å². The molecule has 2 aliphatic rings. The van der Waals surface area contributed by atoms with Crippen LogP contribution >= 0.6 is 0 Å². The van der Waals surface area contributed by atoms with Crippen LogP contribution in [0.3, 0.4) is 0 Å². The summed E-state index contributed by atoms with van der Waals surface area (Å²) in [5, 5.41) is 5.71. The molecule has 0 spiro atoms. The topological polar surface area (TPSA) is 70.7 Å². The minimum absolute atomic E-state index is 0.261. The van der Waals surface area contributed by atoms with Crippen molar-refractivity contribution in [3.8, 4) is 0 Å². The van der Waals surface area contributed by atoms with Crippen molar-refractivity contribution in [1.29, 1.82) is 0 Å². The molecule has 0 aliphatic carbocycles. The molecule has 1 fully saturated rings. The number of esters is 1. The van der Waals surface area contributed by atoms with Crippen molar-refractivity contribution in [2.24, 2.45) is 5.92 Å². The van der Waals surface area contributed by atoms with Gasteiger partial charge in [0.15, 0.2) is 0 Å². The average molecular weight is 420 g/mol. The fourth-order valence-corrected chi connectivity index (χ4v) is 4.22. The van der Waals surface area contributed by atoms with Crippen molar-refractivity contribution < 1.29 is 14.3 Å². The van der Waals surface area contributed by atoms with Gasteiger partial charge in [-0.1, -0.05) is 49.4 Å². The molecule has 162 valence electrons. The lowest BCUT2D eigenvalue weighted by atomic mass is 9.92. The molecule has 0 saturated carbocycles. The number of rotatable bonds is 5. The number of hydrogen-bond acceptors (Lipinski definition) is 4. The van der Waals surface area contributed by atoms with Crippen LogP contribution in [0.2, 0.25) is 0 Å². The second-order valence-corrected chi connectivity index (χ2v) is 8.17. The number of hydrogen-bond donors (Lipinski definition) is 2. The molecule has 4 rings (SSSR count). The summed E-state index contributed by atoms with van der Waals surface area (Å²) >= 11 is 0. The Kier molecular flexibility index (Phi) is 6.26. The smallest absolute Gasteiger partial charge is 0.338 e.